The maximum Gasteiger partial charge on any atom is 0.254 e. The summed E-state index contributed by atoms with van der Waals surface area (Å²) in [4.78, 5) is 25.9. The van der Waals surface area contributed by atoms with Crippen molar-refractivity contribution < 1.29 is 4.79 Å². The molecule has 0 radical (unpaired) electrons. The average molecular weight is 488 g/mol. The van der Waals surface area contributed by atoms with Crippen LogP contribution in [0.1, 0.15) is 27.4 Å². The van der Waals surface area contributed by atoms with E-state index in [9.17, 15) is 4.79 Å². The van der Waals surface area contributed by atoms with Gasteiger partial charge in [0.05, 0.1) is 25.0 Å². The summed E-state index contributed by atoms with van der Waals surface area (Å²) in [5.41, 5.74) is 12.1. The number of nitrogens with one attached hydrogen (secondary N) is 1. The Morgan fingerprint density at radius 3 is 2.54 bits per heavy atom. The highest BCUT2D eigenvalue weighted by atomic mass is 16.2. The molecule has 37 heavy (non-hydrogen) atoms. The molecule has 184 valence electrons. The van der Waals surface area contributed by atoms with Gasteiger partial charge >= 0.3 is 0 Å². The van der Waals surface area contributed by atoms with E-state index in [0.29, 0.717) is 32.7 Å². The van der Waals surface area contributed by atoms with E-state index in [1.165, 1.54) is 0 Å². The van der Waals surface area contributed by atoms with E-state index < -0.39 is 0 Å². The predicted molar refractivity (Wildman–Crippen MR) is 148 cm³/mol. The zero-order chi connectivity index (χ0) is 25.2. The minimum absolute atomic E-state index is 0.0571. The van der Waals surface area contributed by atoms with Crippen LogP contribution in [-0.2, 0) is 19.6 Å². The minimum Gasteiger partial charge on any atom is -0.364 e. The van der Waals surface area contributed by atoms with Gasteiger partial charge in [-0.05, 0) is 45.7 Å². The number of aromatic nitrogens is 2. The molecular formula is C31H29N5O. The van der Waals surface area contributed by atoms with Crippen molar-refractivity contribution in [2.45, 2.75) is 19.6 Å². The molecular weight excluding hydrogens is 458 g/mol. The topological polar surface area (TPSA) is 78.2 Å². The Kier molecular flexibility index (Phi) is 6.16. The van der Waals surface area contributed by atoms with Gasteiger partial charge in [-0.25, -0.2) is 4.98 Å². The summed E-state index contributed by atoms with van der Waals surface area (Å²) >= 11 is 0. The first-order valence-corrected chi connectivity index (χ1v) is 12.6. The lowest BCUT2D eigenvalue weighted by Crippen LogP contribution is -2.35. The van der Waals surface area contributed by atoms with Crippen LogP contribution < -0.4 is 10.6 Å². The van der Waals surface area contributed by atoms with Crippen LogP contribution in [0.15, 0.2) is 97.2 Å². The zero-order valence-corrected chi connectivity index (χ0v) is 20.6. The molecule has 5 aromatic rings. The number of imidazole rings is 1. The van der Waals surface area contributed by atoms with Gasteiger partial charge in [0.2, 0.25) is 0 Å². The highest BCUT2D eigenvalue weighted by molar-refractivity contribution is 6.07. The number of nitrogens with two attached hydrogens (primary N) is 1. The second-order valence-electron chi connectivity index (χ2n) is 9.44. The number of amides is 1. The Labute approximate surface area is 216 Å². The first kappa shape index (κ1) is 23.0. The van der Waals surface area contributed by atoms with Crippen molar-refractivity contribution >= 4 is 22.4 Å². The fourth-order valence-corrected chi connectivity index (χ4v) is 5.19. The van der Waals surface area contributed by atoms with Gasteiger partial charge in [-0.3, -0.25) is 4.79 Å². The van der Waals surface area contributed by atoms with Crippen molar-refractivity contribution in [2.24, 2.45) is 5.73 Å². The van der Waals surface area contributed by atoms with E-state index in [4.69, 9.17) is 5.73 Å². The Morgan fingerprint density at radius 1 is 0.892 bits per heavy atom. The van der Waals surface area contributed by atoms with Crippen LogP contribution in [0.4, 0.5) is 5.69 Å². The Morgan fingerprint density at radius 2 is 1.70 bits per heavy atom. The SMILES string of the molecule is NCc1ncc(CN2CCN(C(=O)c3cccc4ccccc34)Cc3cc(-c4ccccc4)ccc32)[nH]1. The lowest BCUT2D eigenvalue weighted by atomic mass is 10.0. The second-order valence-corrected chi connectivity index (χ2v) is 9.44. The van der Waals surface area contributed by atoms with Crippen molar-refractivity contribution in [1.29, 1.82) is 0 Å². The first-order chi connectivity index (χ1) is 18.2. The smallest absolute Gasteiger partial charge is 0.254 e. The third kappa shape index (κ3) is 4.59. The molecule has 1 aliphatic heterocycles. The lowest BCUT2D eigenvalue weighted by molar-refractivity contribution is 0.0753. The van der Waals surface area contributed by atoms with Crippen molar-refractivity contribution in [1.82, 2.24) is 14.9 Å². The van der Waals surface area contributed by atoms with Crippen LogP contribution in [0.5, 0.6) is 0 Å². The van der Waals surface area contributed by atoms with E-state index in [2.05, 4.69) is 69.5 Å². The van der Waals surface area contributed by atoms with Gasteiger partial charge in [0, 0.05) is 30.9 Å². The zero-order valence-electron chi connectivity index (χ0n) is 20.6. The molecule has 0 fully saturated rings. The van der Waals surface area contributed by atoms with Gasteiger partial charge in [0.1, 0.15) is 5.82 Å². The summed E-state index contributed by atoms with van der Waals surface area (Å²) in [6.45, 7) is 2.93. The Balaban J connectivity index is 1.38. The summed E-state index contributed by atoms with van der Waals surface area (Å²) in [5.74, 6) is 0.832. The minimum atomic E-state index is 0.0571. The third-order valence-electron chi connectivity index (χ3n) is 7.07. The quantitative estimate of drug-likeness (QED) is 0.350. The first-order valence-electron chi connectivity index (χ1n) is 12.6. The Hall–Kier alpha value is -4.42. The number of H-pyrrole nitrogens is 1. The highest BCUT2D eigenvalue weighted by Gasteiger charge is 2.25. The summed E-state index contributed by atoms with van der Waals surface area (Å²) in [7, 11) is 0. The van der Waals surface area contributed by atoms with Crippen LogP contribution in [-0.4, -0.2) is 33.9 Å². The van der Waals surface area contributed by atoms with E-state index >= 15 is 0 Å². The van der Waals surface area contributed by atoms with Gasteiger partial charge in [0.15, 0.2) is 0 Å². The van der Waals surface area contributed by atoms with Gasteiger partial charge in [-0.2, -0.15) is 0 Å². The van der Waals surface area contributed by atoms with Crippen molar-refractivity contribution in [3.63, 3.8) is 0 Å². The number of anilines is 1. The van der Waals surface area contributed by atoms with E-state index in [1.54, 1.807) is 0 Å². The summed E-state index contributed by atoms with van der Waals surface area (Å²) < 4.78 is 0. The van der Waals surface area contributed by atoms with Gasteiger partial charge in [0.25, 0.3) is 5.91 Å². The predicted octanol–water partition coefficient (Wildman–Crippen LogP) is 5.35. The molecule has 1 amide bonds. The number of fused-ring (bicyclic) bond motifs is 2. The average Bonchev–Trinajstić information content (AvgIpc) is 3.34. The number of aromatic amines is 1. The molecule has 0 spiro atoms. The monoisotopic (exact) mass is 487 g/mol. The molecule has 6 nitrogen and oxygen atoms in total. The van der Waals surface area contributed by atoms with Crippen LogP contribution in [0, 0.1) is 0 Å². The number of rotatable bonds is 5. The highest BCUT2D eigenvalue weighted by Crippen LogP contribution is 2.32. The van der Waals surface area contributed by atoms with Crippen molar-refractivity contribution in [3.05, 3.63) is 120 Å². The summed E-state index contributed by atoms with van der Waals surface area (Å²) in [6, 6.07) is 31.0. The molecule has 4 aromatic carbocycles. The fourth-order valence-electron chi connectivity index (χ4n) is 5.19. The molecule has 6 rings (SSSR count). The summed E-state index contributed by atoms with van der Waals surface area (Å²) in [5, 5.41) is 2.06. The number of hydrogen-bond donors (Lipinski definition) is 2. The molecule has 0 aliphatic carbocycles. The van der Waals surface area contributed by atoms with Crippen LogP contribution >= 0.6 is 0 Å². The van der Waals surface area contributed by atoms with E-state index in [0.717, 1.165) is 50.2 Å². The van der Waals surface area contributed by atoms with Gasteiger partial charge in [-0.1, -0.05) is 72.8 Å². The standard InChI is InChI=1S/C31H29N5O/c32-18-30-33-19-26(34-30)21-35-15-16-36(31(37)28-12-6-10-23-9-4-5-11-27(23)28)20-25-17-24(13-14-29(25)35)22-7-2-1-3-8-22/h1-14,17,19H,15-16,18,20-21,32H2,(H,33,34). The molecule has 3 N–H and O–H groups in total. The Bertz CT molecular complexity index is 1550. The largest absolute Gasteiger partial charge is 0.364 e. The maximum atomic E-state index is 13.9. The lowest BCUT2D eigenvalue weighted by Gasteiger charge is -2.24. The molecule has 0 saturated heterocycles. The van der Waals surface area contributed by atoms with Crippen LogP contribution in [0.25, 0.3) is 21.9 Å². The van der Waals surface area contributed by atoms with Gasteiger partial charge < -0.3 is 20.5 Å². The summed E-state index contributed by atoms with van der Waals surface area (Å²) in [6.07, 6.45) is 1.85. The van der Waals surface area contributed by atoms with E-state index in [-0.39, 0.29) is 5.91 Å². The molecule has 1 aromatic heterocycles. The number of benzene rings is 4. The van der Waals surface area contributed by atoms with Gasteiger partial charge in [-0.15, -0.1) is 0 Å². The molecule has 0 bridgehead atoms. The number of nitrogens with zero attached hydrogens (tertiary/aromatic N) is 3. The second kappa shape index (κ2) is 9.91. The molecule has 0 saturated carbocycles. The number of hydrogen-bond acceptors (Lipinski definition) is 4. The molecule has 1 aliphatic rings. The third-order valence-corrected chi connectivity index (χ3v) is 7.07. The molecule has 6 heteroatoms. The van der Waals surface area contributed by atoms with Crippen LogP contribution in [0.2, 0.25) is 0 Å². The number of carbonyl (C=O) groups is 1. The number of carbonyl (C=O) groups excluding carboxylic acids is 1. The molecule has 0 atom stereocenters. The molecule has 2 heterocycles. The normalized spacial score (nSPS) is 13.4. The van der Waals surface area contributed by atoms with Crippen molar-refractivity contribution in [2.75, 3.05) is 18.0 Å². The van der Waals surface area contributed by atoms with Crippen molar-refractivity contribution in [3.8, 4) is 11.1 Å². The van der Waals surface area contributed by atoms with Crippen LogP contribution in [0.3, 0.4) is 0 Å². The van der Waals surface area contributed by atoms with E-state index in [1.807, 2.05) is 47.5 Å². The fraction of sp³-hybridized carbons (Fsp3) is 0.161. The maximum absolute atomic E-state index is 13.9. The molecule has 0 unspecified atom stereocenters.